The number of cyclic esters (lactones) is 1. The fourth-order valence-corrected chi connectivity index (χ4v) is 2.36. The largest absolute Gasteiger partial charge is 0.447 e. The highest BCUT2D eigenvalue weighted by Crippen LogP contribution is 2.24. The highest BCUT2D eigenvalue weighted by molar-refractivity contribution is 5.93. The second kappa shape index (κ2) is 6.81. The first-order valence-corrected chi connectivity index (χ1v) is 6.96. The van der Waals surface area contributed by atoms with Crippen molar-refractivity contribution in [1.82, 2.24) is 4.90 Å². The number of imide groups is 1. The van der Waals surface area contributed by atoms with Crippen LogP contribution in [-0.4, -0.2) is 35.7 Å². The van der Waals surface area contributed by atoms with Gasteiger partial charge in [0.2, 0.25) is 5.91 Å². The second-order valence-electron chi connectivity index (χ2n) is 5.15. The molecule has 7 heteroatoms. The zero-order valence-electron chi connectivity index (χ0n) is 11.8. The standard InChI is InChI=1S/C15H16F3NO3/c16-15(17,18)8-4-7-13(20)19-12(10-22-14(19)21)9-11-5-2-1-3-6-11/h1-3,5-6,12H,4,7-10H2/t12-/m0/s1. The van der Waals surface area contributed by atoms with Crippen LogP contribution in [0.2, 0.25) is 0 Å². The Morgan fingerprint density at radius 3 is 2.59 bits per heavy atom. The number of carbonyl (C=O) groups excluding carboxylic acids is 2. The highest BCUT2D eigenvalue weighted by Gasteiger charge is 2.38. The van der Waals surface area contributed by atoms with Gasteiger partial charge >= 0.3 is 12.3 Å². The number of benzene rings is 1. The van der Waals surface area contributed by atoms with Crippen molar-refractivity contribution < 1.29 is 27.5 Å². The van der Waals surface area contributed by atoms with E-state index in [9.17, 15) is 22.8 Å². The van der Waals surface area contributed by atoms with Crippen LogP contribution in [0.4, 0.5) is 18.0 Å². The molecule has 4 nitrogen and oxygen atoms in total. The molecule has 1 heterocycles. The van der Waals surface area contributed by atoms with Crippen LogP contribution in [0.5, 0.6) is 0 Å². The zero-order valence-corrected chi connectivity index (χ0v) is 11.8. The molecule has 1 atom stereocenters. The quantitative estimate of drug-likeness (QED) is 0.837. The molecular formula is C15H16F3NO3. The van der Waals surface area contributed by atoms with Gasteiger partial charge in [0.15, 0.2) is 0 Å². The average Bonchev–Trinajstić information content (AvgIpc) is 2.79. The lowest BCUT2D eigenvalue weighted by molar-refractivity contribution is -0.139. The van der Waals surface area contributed by atoms with E-state index in [4.69, 9.17) is 4.74 Å². The van der Waals surface area contributed by atoms with Gasteiger partial charge in [-0.05, 0) is 18.4 Å². The van der Waals surface area contributed by atoms with Crippen LogP contribution in [0.3, 0.4) is 0 Å². The third-order valence-electron chi connectivity index (χ3n) is 3.39. The van der Waals surface area contributed by atoms with Gasteiger partial charge in [-0.1, -0.05) is 30.3 Å². The molecule has 0 N–H and O–H groups in total. The molecule has 1 saturated heterocycles. The van der Waals surface area contributed by atoms with Gasteiger partial charge in [0.25, 0.3) is 0 Å². The van der Waals surface area contributed by atoms with E-state index in [1.165, 1.54) is 0 Å². The van der Waals surface area contributed by atoms with Crippen LogP contribution in [0.15, 0.2) is 30.3 Å². The zero-order chi connectivity index (χ0) is 16.2. The van der Waals surface area contributed by atoms with Crippen LogP contribution in [-0.2, 0) is 16.0 Å². The summed E-state index contributed by atoms with van der Waals surface area (Å²) >= 11 is 0. The predicted octanol–water partition coefficient (Wildman–Crippen LogP) is 3.31. The van der Waals surface area contributed by atoms with E-state index in [1.54, 1.807) is 0 Å². The fraction of sp³-hybridized carbons (Fsp3) is 0.467. The molecule has 0 aliphatic carbocycles. The molecule has 120 valence electrons. The molecule has 1 aromatic rings. The van der Waals surface area contributed by atoms with Crippen molar-refractivity contribution in [2.45, 2.75) is 37.9 Å². The Morgan fingerprint density at radius 2 is 1.95 bits per heavy atom. The van der Waals surface area contributed by atoms with E-state index >= 15 is 0 Å². The fourth-order valence-electron chi connectivity index (χ4n) is 2.36. The number of halogens is 3. The van der Waals surface area contributed by atoms with E-state index in [0.717, 1.165) is 10.5 Å². The maximum atomic E-state index is 12.1. The minimum absolute atomic E-state index is 0.0682. The summed E-state index contributed by atoms with van der Waals surface area (Å²) in [4.78, 5) is 24.6. The van der Waals surface area contributed by atoms with Crippen LogP contribution in [0.1, 0.15) is 24.8 Å². The Balaban J connectivity index is 1.94. The first-order valence-electron chi connectivity index (χ1n) is 6.96. The van der Waals surface area contributed by atoms with Gasteiger partial charge < -0.3 is 4.74 Å². The lowest BCUT2D eigenvalue weighted by Gasteiger charge is -2.19. The van der Waals surface area contributed by atoms with Gasteiger partial charge in [0, 0.05) is 12.8 Å². The first kappa shape index (κ1) is 16.3. The van der Waals surface area contributed by atoms with E-state index in [1.807, 2.05) is 30.3 Å². The Labute approximate surface area is 125 Å². The van der Waals surface area contributed by atoms with Crippen molar-refractivity contribution in [2.24, 2.45) is 0 Å². The lowest BCUT2D eigenvalue weighted by atomic mass is 10.1. The van der Waals surface area contributed by atoms with Crippen molar-refractivity contribution >= 4 is 12.0 Å². The molecule has 0 saturated carbocycles. The number of hydrogen-bond donors (Lipinski definition) is 0. The molecule has 22 heavy (non-hydrogen) atoms. The monoisotopic (exact) mass is 315 g/mol. The van der Waals surface area contributed by atoms with Crippen LogP contribution >= 0.6 is 0 Å². The Hall–Kier alpha value is -2.05. The van der Waals surface area contributed by atoms with Crippen LogP contribution in [0, 0.1) is 0 Å². The van der Waals surface area contributed by atoms with Gasteiger partial charge in [-0.2, -0.15) is 13.2 Å². The van der Waals surface area contributed by atoms with Crippen molar-refractivity contribution in [3.05, 3.63) is 35.9 Å². The normalized spacial score (nSPS) is 18.4. The summed E-state index contributed by atoms with van der Waals surface area (Å²) in [6.07, 6.45) is -6.33. The summed E-state index contributed by atoms with van der Waals surface area (Å²) in [5, 5.41) is 0. The molecule has 0 aromatic heterocycles. The third kappa shape index (κ3) is 4.47. The van der Waals surface area contributed by atoms with E-state index in [2.05, 4.69) is 0 Å². The maximum absolute atomic E-state index is 12.1. The average molecular weight is 315 g/mol. The Kier molecular flexibility index (Phi) is 5.05. The molecule has 1 aliphatic heterocycles. The molecular weight excluding hydrogens is 299 g/mol. The number of rotatable bonds is 5. The molecule has 0 unspecified atom stereocenters. The topological polar surface area (TPSA) is 46.6 Å². The van der Waals surface area contributed by atoms with Gasteiger partial charge in [-0.3, -0.25) is 4.79 Å². The van der Waals surface area contributed by atoms with Gasteiger partial charge in [-0.25, -0.2) is 9.69 Å². The van der Waals surface area contributed by atoms with Crippen LogP contribution in [0.25, 0.3) is 0 Å². The summed E-state index contributed by atoms with van der Waals surface area (Å²) in [5.41, 5.74) is 0.930. The third-order valence-corrected chi connectivity index (χ3v) is 3.39. The first-order chi connectivity index (χ1) is 10.4. The van der Waals surface area contributed by atoms with Crippen molar-refractivity contribution in [3.63, 3.8) is 0 Å². The Morgan fingerprint density at radius 1 is 1.27 bits per heavy atom. The molecule has 1 aliphatic rings. The molecule has 0 radical (unpaired) electrons. The summed E-state index contributed by atoms with van der Waals surface area (Å²) in [5.74, 6) is -0.618. The van der Waals surface area contributed by atoms with Gasteiger partial charge in [0.1, 0.15) is 6.61 Å². The SMILES string of the molecule is O=C(CCCC(F)(F)F)N1C(=O)OC[C@@H]1Cc1ccccc1. The van der Waals surface area contributed by atoms with Crippen molar-refractivity contribution in [2.75, 3.05) is 6.61 Å². The van der Waals surface area contributed by atoms with Crippen molar-refractivity contribution in [3.8, 4) is 0 Å². The molecule has 2 rings (SSSR count). The van der Waals surface area contributed by atoms with Gasteiger partial charge in [-0.15, -0.1) is 0 Å². The number of ether oxygens (including phenoxy) is 1. The van der Waals surface area contributed by atoms with E-state index < -0.39 is 30.6 Å². The van der Waals surface area contributed by atoms with Gasteiger partial charge in [0.05, 0.1) is 6.04 Å². The van der Waals surface area contributed by atoms with Crippen molar-refractivity contribution in [1.29, 1.82) is 0 Å². The van der Waals surface area contributed by atoms with E-state index in [-0.39, 0.29) is 19.4 Å². The number of alkyl halides is 3. The van der Waals surface area contributed by atoms with Crippen LogP contribution < -0.4 is 0 Å². The molecule has 2 amide bonds. The summed E-state index contributed by atoms with van der Waals surface area (Å²) in [6, 6.07) is 8.77. The minimum atomic E-state index is -4.30. The summed E-state index contributed by atoms with van der Waals surface area (Å²) < 4.78 is 41.2. The Bertz CT molecular complexity index is 531. The summed E-state index contributed by atoms with van der Waals surface area (Å²) in [7, 11) is 0. The predicted molar refractivity (Wildman–Crippen MR) is 72.0 cm³/mol. The second-order valence-corrected chi connectivity index (χ2v) is 5.15. The molecule has 0 spiro atoms. The molecule has 1 fully saturated rings. The number of nitrogens with zero attached hydrogens (tertiary/aromatic N) is 1. The number of carbonyl (C=O) groups is 2. The number of hydrogen-bond acceptors (Lipinski definition) is 3. The smallest absolute Gasteiger partial charge is 0.416 e. The highest BCUT2D eigenvalue weighted by atomic mass is 19.4. The maximum Gasteiger partial charge on any atom is 0.416 e. The van der Waals surface area contributed by atoms with E-state index in [0.29, 0.717) is 6.42 Å². The summed E-state index contributed by atoms with van der Waals surface area (Å²) in [6.45, 7) is 0.0682. The lowest BCUT2D eigenvalue weighted by Crippen LogP contribution is -2.40. The minimum Gasteiger partial charge on any atom is -0.447 e. The molecule has 1 aromatic carbocycles. The molecule has 0 bridgehead atoms. The number of amides is 2.